The minimum Gasteiger partial charge on any atom is -0.497 e. The number of benzene rings is 2. The van der Waals surface area contributed by atoms with Crippen molar-refractivity contribution in [2.75, 3.05) is 12.4 Å². The monoisotopic (exact) mass is 336 g/mol. The predicted octanol–water partition coefficient (Wildman–Crippen LogP) is 4.63. The number of hydrogen-bond donors (Lipinski definition) is 0. The van der Waals surface area contributed by atoms with Crippen molar-refractivity contribution in [3.05, 3.63) is 65.5 Å². The first-order chi connectivity index (χ1) is 9.71. The maximum Gasteiger partial charge on any atom is 0.123 e. The molecule has 1 nitrogen and oxygen atoms in total. The van der Waals surface area contributed by atoms with Crippen LogP contribution in [0.15, 0.2) is 48.5 Å². The molecular formula is C17H18BrFO. The van der Waals surface area contributed by atoms with Gasteiger partial charge in [-0.25, -0.2) is 4.39 Å². The molecule has 0 fully saturated rings. The number of hydrogen-bond acceptors (Lipinski definition) is 1. The number of alkyl halides is 1. The van der Waals surface area contributed by atoms with Gasteiger partial charge in [0.2, 0.25) is 0 Å². The minimum absolute atomic E-state index is 0.169. The molecule has 0 radical (unpaired) electrons. The van der Waals surface area contributed by atoms with Crippen molar-refractivity contribution in [3.63, 3.8) is 0 Å². The van der Waals surface area contributed by atoms with Gasteiger partial charge in [-0.15, -0.1) is 0 Å². The second-order valence-corrected chi connectivity index (χ2v) is 5.56. The third-order valence-electron chi connectivity index (χ3n) is 3.29. The molecule has 2 rings (SSSR count). The maximum atomic E-state index is 13.2. The molecule has 20 heavy (non-hydrogen) atoms. The van der Waals surface area contributed by atoms with E-state index < -0.39 is 0 Å². The van der Waals surface area contributed by atoms with E-state index in [-0.39, 0.29) is 5.82 Å². The number of rotatable bonds is 6. The van der Waals surface area contributed by atoms with Gasteiger partial charge in [0, 0.05) is 5.33 Å². The van der Waals surface area contributed by atoms with E-state index in [0.717, 1.165) is 29.5 Å². The quantitative estimate of drug-likeness (QED) is 0.699. The Bertz CT molecular complexity index is 556. The van der Waals surface area contributed by atoms with Crippen molar-refractivity contribution in [1.82, 2.24) is 0 Å². The predicted molar refractivity (Wildman–Crippen MR) is 84.1 cm³/mol. The van der Waals surface area contributed by atoms with Crippen LogP contribution in [0.4, 0.5) is 4.39 Å². The Morgan fingerprint density at radius 2 is 1.70 bits per heavy atom. The molecule has 2 aromatic rings. The molecule has 0 saturated carbocycles. The van der Waals surface area contributed by atoms with Crippen LogP contribution in [0.25, 0.3) is 0 Å². The first-order valence-electron chi connectivity index (χ1n) is 6.64. The van der Waals surface area contributed by atoms with Crippen molar-refractivity contribution < 1.29 is 9.13 Å². The first kappa shape index (κ1) is 15.0. The summed E-state index contributed by atoms with van der Waals surface area (Å²) in [7, 11) is 1.67. The standard InChI is InChI=1S/C17H18BrFO/c1-20-17-7-3-5-14(11-17)9-15(12-18)8-13-4-2-6-16(19)10-13/h2-7,10-11,15H,8-9,12H2,1H3. The molecular weight excluding hydrogens is 319 g/mol. The van der Waals surface area contributed by atoms with Gasteiger partial charge in [-0.1, -0.05) is 40.2 Å². The molecule has 3 heteroatoms. The zero-order chi connectivity index (χ0) is 14.4. The van der Waals surface area contributed by atoms with E-state index >= 15 is 0 Å². The van der Waals surface area contributed by atoms with Crippen LogP contribution in [0.5, 0.6) is 5.75 Å². The minimum atomic E-state index is -0.169. The highest BCUT2D eigenvalue weighted by Gasteiger charge is 2.10. The molecule has 2 aromatic carbocycles. The summed E-state index contributed by atoms with van der Waals surface area (Å²) in [4.78, 5) is 0. The fourth-order valence-electron chi connectivity index (χ4n) is 2.31. The Labute approximate surface area is 127 Å². The third kappa shape index (κ3) is 4.34. The fraction of sp³-hybridized carbons (Fsp3) is 0.294. The molecule has 106 valence electrons. The van der Waals surface area contributed by atoms with Gasteiger partial charge >= 0.3 is 0 Å². The average molecular weight is 337 g/mol. The van der Waals surface area contributed by atoms with Crippen LogP contribution in [0.2, 0.25) is 0 Å². The Morgan fingerprint density at radius 3 is 2.30 bits per heavy atom. The molecule has 1 unspecified atom stereocenters. The van der Waals surface area contributed by atoms with Gasteiger partial charge in [-0.2, -0.15) is 0 Å². The molecule has 0 spiro atoms. The van der Waals surface area contributed by atoms with E-state index in [9.17, 15) is 4.39 Å². The average Bonchev–Trinajstić information content (AvgIpc) is 2.47. The normalized spacial score (nSPS) is 12.2. The molecule has 0 aliphatic carbocycles. The van der Waals surface area contributed by atoms with E-state index in [4.69, 9.17) is 4.74 Å². The topological polar surface area (TPSA) is 9.23 Å². The van der Waals surface area contributed by atoms with Gasteiger partial charge in [0.1, 0.15) is 11.6 Å². The smallest absolute Gasteiger partial charge is 0.123 e. The molecule has 0 saturated heterocycles. The lowest BCUT2D eigenvalue weighted by Gasteiger charge is -2.15. The Balaban J connectivity index is 2.05. The summed E-state index contributed by atoms with van der Waals surface area (Å²) in [5.41, 5.74) is 2.28. The SMILES string of the molecule is COc1cccc(CC(CBr)Cc2cccc(F)c2)c1. The van der Waals surface area contributed by atoms with Crippen LogP contribution in [0.3, 0.4) is 0 Å². The fourth-order valence-corrected chi connectivity index (χ4v) is 2.77. The lowest BCUT2D eigenvalue weighted by Crippen LogP contribution is -2.10. The third-order valence-corrected chi connectivity index (χ3v) is 4.21. The van der Waals surface area contributed by atoms with E-state index in [0.29, 0.717) is 5.92 Å². The Kier molecular flexibility index (Phi) is 5.60. The van der Waals surface area contributed by atoms with Gasteiger partial charge in [-0.3, -0.25) is 0 Å². The highest BCUT2D eigenvalue weighted by atomic mass is 79.9. The summed E-state index contributed by atoms with van der Waals surface area (Å²) in [6.45, 7) is 0. The molecule has 0 N–H and O–H groups in total. The summed E-state index contributed by atoms with van der Waals surface area (Å²) in [6.07, 6.45) is 1.80. The number of ether oxygens (including phenoxy) is 1. The highest BCUT2D eigenvalue weighted by molar-refractivity contribution is 9.09. The van der Waals surface area contributed by atoms with Crippen LogP contribution < -0.4 is 4.74 Å². The van der Waals surface area contributed by atoms with Gasteiger partial charge in [0.15, 0.2) is 0 Å². The van der Waals surface area contributed by atoms with Crippen LogP contribution >= 0.6 is 15.9 Å². The number of halogens is 2. The second-order valence-electron chi connectivity index (χ2n) is 4.91. The van der Waals surface area contributed by atoms with E-state index in [1.807, 2.05) is 18.2 Å². The van der Waals surface area contributed by atoms with Crippen molar-refractivity contribution in [1.29, 1.82) is 0 Å². The highest BCUT2D eigenvalue weighted by Crippen LogP contribution is 2.20. The zero-order valence-corrected chi connectivity index (χ0v) is 13.1. The van der Waals surface area contributed by atoms with Gasteiger partial charge in [-0.05, 0) is 54.2 Å². The molecule has 0 aromatic heterocycles. The second kappa shape index (κ2) is 7.44. The first-order valence-corrected chi connectivity index (χ1v) is 7.76. The molecule has 0 bridgehead atoms. The van der Waals surface area contributed by atoms with E-state index in [2.05, 4.69) is 28.1 Å². The maximum absolute atomic E-state index is 13.2. The van der Waals surface area contributed by atoms with E-state index in [1.165, 1.54) is 11.6 Å². The van der Waals surface area contributed by atoms with Crippen molar-refractivity contribution in [2.45, 2.75) is 12.8 Å². The summed E-state index contributed by atoms with van der Waals surface area (Å²) in [6, 6.07) is 14.9. The summed E-state index contributed by atoms with van der Waals surface area (Å²) in [5.74, 6) is 1.14. The summed E-state index contributed by atoms with van der Waals surface area (Å²) in [5, 5.41) is 0.890. The molecule has 0 aliphatic heterocycles. The van der Waals surface area contributed by atoms with Gasteiger partial charge in [0.05, 0.1) is 7.11 Å². The van der Waals surface area contributed by atoms with Crippen LogP contribution in [-0.4, -0.2) is 12.4 Å². The Morgan fingerprint density at radius 1 is 1.05 bits per heavy atom. The lowest BCUT2D eigenvalue weighted by molar-refractivity contribution is 0.414. The van der Waals surface area contributed by atoms with Crippen LogP contribution in [-0.2, 0) is 12.8 Å². The zero-order valence-electron chi connectivity index (χ0n) is 11.5. The van der Waals surface area contributed by atoms with Crippen LogP contribution in [0.1, 0.15) is 11.1 Å². The van der Waals surface area contributed by atoms with Crippen LogP contribution in [0, 0.1) is 11.7 Å². The van der Waals surface area contributed by atoms with E-state index in [1.54, 1.807) is 19.2 Å². The summed E-state index contributed by atoms with van der Waals surface area (Å²) >= 11 is 3.56. The Hall–Kier alpha value is -1.35. The van der Waals surface area contributed by atoms with Gasteiger partial charge in [0.25, 0.3) is 0 Å². The molecule has 0 aliphatic rings. The molecule has 0 amide bonds. The van der Waals surface area contributed by atoms with Crippen molar-refractivity contribution >= 4 is 15.9 Å². The van der Waals surface area contributed by atoms with Gasteiger partial charge < -0.3 is 4.74 Å². The van der Waals surface area contributed by atoms with Crippen molar-refractivity contribution in [3.8, 4) is 5.75 Å². The molecule has 1 atom stereocenters. The summed E-state index contributed by atoms with van der Waals surface area (Å²) < 4.78 is 18.5. The largest absolute Gasteiger partial charge is 0.497 e. The molecule has 0 heterocycles. The van der Waals surface area contributed by atoms with Crippen molar-refractivity contribution in [2.24, 2.45) is 5.92 Å². The number of methoxy groups -OCH3 is 1. The lowest BCUT2D eigenvalue weighted by atomic mass is 9.94.